The van der Waals surface area contributed by atoms with Crippen molar-refractivity contribution in [3.63, 3.8) is 0 Å². The lowest BCUT2D eigenvalue weighted by Crippen LogP contribution is -2.27. The van der Waals surface area contributed by atoms with Crippen LogP contribution >= 0.6 is 0 Å². The summed E-state index contributed by atoms with van der Waals surface area (Å²) in [7, 11) is 0. The average Bonchev–Trinajstić information content (AvgIpc) is 3.16. The Kier molecular flexibility index (Phi) is 5.05. The van der Waals surface area contributed by atoms with Crippen LogP contribution in [-0.4, -0.2) is 29.2 Å². The molecule has 0 saturated heterocycles. The number of hydrogen-bond donors (Lipinski definition) is 2. The van der Waals surface area contributed by atoms with Crippen LogP contribution in [0, 0.1) is 6.92 Å². The predicted molar refractivity (Wildman–Crippen MR) is 105 cm³/mol. The first kappa shape index (κ1) is 17.8. The number of aryl methyl sites for hydroxylation is 1. The number of nitrogens with one attached hydrogen (secondary N) is 2. The van der Waals surface area contributed by atoms with E-state index in [0.29, 0.717) is 35.4 Å². The Morgan fingerprint density at radius 3 is 2.71 bits per heavy atom. The van der Waals surface area contributed by atoms with Gasteiger partial charge < -0.3 is 20.1 Å². The highest BCUT2D eigenvalue weighted by Gasteiger charge is 2.14. The van der Waals surface area contributed by atoms with Crippen LogP contribution in [0.2, 0.25) is 0 Å². The Morgan fingerprint density at radius 2 is 1.86 bits per heavy atom. The predicted octanol–water partition coefficient (Wildman–Crippen LogP) is 3.23. The average molecular weight is 376 g/mol. The molecule has 0 spiro atoms. The van der Waals surface area contributed by atoms with Gasteiger partial charge in [0.25, 0.3) is 5.91 Å². The molecule has 142 valence electrons. The zero-order valence-electron chi connectivity index (χ0n) is 15.4. The number of benzene rings is 2. The first-order valence-corrected chi connectivity index (χ1v) is 9.02. The molecule has 1 aliphatic heterocycles. The van der Waals surface area contributed by atoms with E-state index in [4.69, 9.17) is 9.47 Å². The van der Waals surface area contributed by atoms with Gasteiger partial charge in [-0.15, -0.1) is 0 Å². The Hall–Kier alpha value is -3.61. The Labute approximate surface area is 162 Å². The van der Waals surface area contributed by atoms with E-state index >= 15 is 0 Å². The summed E-state index contributed by atoms with van der Waals surface area (Å²) < 4.78 is 10.7. The zero-order chi connectivity index (χ0) is 19.3. The SMILES string of the molecule is Cc1nc(Nc2ccc3c(c2)OCO3)cc(C(=O)NCCc2ccccc2)n1. The maximum Gasteiger partial charge on any atom is 0.270 e. The summed E-state index contributed by atoms with van der Waals surface area (Å²) in [6.07, 6.45) is 0.763. The van der Waals surface area contributed by atoms with Crippen LogP contribution in [0.1, 0.15) is 21.9 Å². The van der Waals surface area contributed by atoms with E-state index in [2.05, 4.69) is 20.6 Å². The van der Waals surface area contributed by atoms with Crippen LogP contribution in [0.3, 0.4) is 0 Å². The summed E-state index contributed by atoms with van der Waals surface area (Å²) >= 11 is 0. The van der Waals surface area contributed by atoms with E-state index < -0.39 is 0 Å². The van der Waals surface area contributed by atoms with Gasteiger partial charge in [0.1, 0.15) is 17.3 Å². The molecule has 28 heavy (non-hydrogen) atoms. The second-order valence-corrected chi connectivity index (χ2v) is 6.37. The maximum absolute atomic E-state index is 12.5. The molecular formula is C21H20N4O3. The van der Waals surface area contributed by atoms with Crippen LogP contribution < -0.4 is 20.1 Å². The number of aromatic nitrogens is 2. The van der Waals surface area contributed by atoms with Crippen molar-refractivity contribution < 1.29 is 14.3 Å². The number of rotatable bonds is 6. The number of hydrogen-bond acceptors (Lipinski definition) is 6. The summed E-state index contributed by atoms with van der Waals surface area (Å²) in [6, 6.07) is 17.2. The molecule has 4 rings (SSSR count). The number of fused-ring (bicyclic) bond motifs is 1. The number of carbonyl (C=O) groups is 1. The van der Waals surface area contributed by atoms with Gasteiger partial charge in [0, 0.05) is 24.4 Å². The van der Waals surface area contributed by atoms with Gasteiger partial charge in [-0.3, -0.25) is 4.79 Å². The molecular weight excluding hydrogens is 356 g/mol. The first-order chi connectivity index (χ1) is 13.7. The molecule has 0 aliphatic carbocycles. The van der Waals surface area contributed by atoms with Crippen molar-refractivity contribution in [2.45, 2.75) is 13.3 Å². The van der Waals surface area contributed by atoms with E-state index in [9.17, 15) is 4.79 Å². The van der Waals surface area contributed by atoms with Crippen molar-refractivity contribution >= 4 is 17.4 Å². The van der Waals surface area contributed by atoms with E-state index in [-0.39, 0.29) is 12.7 Å². The van der Waals surface area contributed by atoms with Gasteiger partial charge in [-0.05, 0) is 31.0 Å². The molecule has 7 heteroatoms. The molecule has 1 aromatic heterocycles. The topological polar surface area (TPSA) is 85.4 Å². The van der Waals surface area contributed by atoms with Gasteiger partial charge in [-0.2, -0.15) is 0 Å². The minimum Gasteiger partial charge on any atom is -0.454 e. The second-order valence-electron chi connectivity index (χ2n) is 6.37. The Balaban J connectivity index is 1.42. The monoisotopic (exact) mass is 376 g/mol. The van der Waals surface area contributed by atoms with Gasteiger partial charge in [0.2, 0.25) is 6.79 Å². The molecule has 0 atom stereocenters. The third-order valence-electron chi connectivity index (χ3n) is 4.26. The van der Waals surface area contributed by atoms with Crippen LogP contribution in [0.4, 0.5) is 11.5 Å². The molecule has 1 aliphatic rings. The molecule has 2 N–H and O–H groups in total. The highest BCUT2D eigenvalue weighted by atomic mass is 16.7. The third kappa shape index (κ3) is 4.20. The number of anilines is 2. The van der Waals surface area contributed by atoms with Crippen molar-refractivity contribution in [3.8, 4) is 11.5 Å². The molecule has 0 saturated carbocycles. The van der Waals surface area contributed by atoms with Gasteiger partial charge in [-0.1, -0.05) is 30.3 Å². The Morgan fingerprint density at radius 1 is 1.04 bits per heavy atom. The molecule has 0 unspecified atom stereocenters. The van der Waals surface area contributed by atoms with Gasteiger partial charge >= 0.3 is 0 Å². The molecule has 0 radical (unpaired) electrons. The molecule has 3 aromatic rings. The highest BCUT2D eigenvalue weighted by molar-refractivity contribution is 5.93. The fraction of sp³-hybridized carbons (Fsp3) is 0.190. The molecule has 0 fully saturated rings. The smallest absolute Gasteiger partial charge is 0.270 e. The number of ether oxygens (including phenoxy) is 2. The summed E-state index contributed by atoms with van der Waals surface area (Å²) in [6.45, 7) is 2.51. The summed E-state index contributed by atoms with van der Waals surface area (Å²) in [4.78, 5) is 21.1. The molecule has 7 nitrogen and oxygen atoms in total. The van der Waals surface area contributed by atoms with Gasteiger partial charge in [0.15, 0.2) is 11.5 Å². The lowest BCUT2D eigenvalue weighted by molar-refractivity contribution is 0.0948. The lowest BCUT2D eigenvalue weighted by atomic mass is 10.1. The largest absolute Gasteiger partial charge is 0.454 e. The van der Waals surface area contributed by atoms with Crippen molar-refractivity contribution in [2.75, 3.05) is 18.7 Å². The van der Waals surface area contributed by atoms with Crippen LogP contribution in [-0.2, 0) is 6.42 Å². The number of nitrogens with zero attached hydrogens (tertiary/aromatic N) is 2. The second kappa shape index (κ2) is 7.96. The normalized spacial score (nSPS) is 11.9. The van der Waals surface area contributed by atoms with E-state index in [0.717, 1.165) is 12.1 Å². The number of carbonyl (C=O) groups excluding carboxylic acids is 1. The lowest BCUT2D eigenvalue weighted by Gasteiger charge is -2.10. The fourth-order valence-corrected chi connectivity index (χ4v) is 2.93. The Bertz CT molecular complexity index is 992. The quantitative estimate of drug-likeness (QED) is 0.687. The standard InChI is InChI=1S/C21H20N4O3/c1-14-23-17(21(26)22-10-9-15-5-3-2-4-6-15)12-20(24-14)25-16-7-8-18-19(11-16)28-13-27-18/h2-8,11-12H,9-10,13H2,1H3,(H,22,26)(H,23,24,25). The fourth-order valence-electron chi connectivity index (χ4n) is 2.93. The number of amides is 1. The summed E-state index contributed by atoms with van der Waals surface area (Å²) in [5.41, 5.74) is 2.29. The van der Waals surface area contributed by atoms with E-state index in [1.54, 1.807) is 13.0 Å². The third-order valence-corrected chi connectivity index (χ3v) is 4.26. The minimum atomic E-state index is -0.227. The molecule has 1 amide bonds. The molecule has 2 heterocycles. The summed E-state index contributed by atoms with van der Waals surface area (Å²) in [5, 5.41) is 6.09. The zero-order valence-corrected chi connectivity index (χ0v) is 15.4. The van der Waals surface area contributed by atoms with Gasteiger partial charge in [0.05, 0.1) is 0 Å². The highest BCUT2D eigenvalue weighted by Crippen LogP contribution is 2.34. The maximum atomic E-state index is 12.5. The molecule has 0 bridgehead atoms. The van der Waals surface area contributed by atoms with Crippen molar-refractivity contribution in [3.05, 3.63) is 71.7 Å². The van der Waals surface area contributed by atoms with Crippen molar-refractivity contribution in [1.29, 1.82) is 0 Å². The van der Waals surface area contributed by atoms with Crippen molar-refractivity contribution in [1.82, 2.24) is 15.3 Å². The van der Waals surface area contributed by atoms with E-state index in [1.807, 2.05) is 48.5 Å². The van der Waals surface area contributed by atoms with Crippen molar-refractivity contribution in [2.24, 2.45) is 0 Å². The first-order valence-electron chi connectivity index (χ1n) is 9.02. The minimum absolute atomic E-state index is 0.221. The van der Waals surface area contributed by atoms with Crippen LogP contribution in [0.15, 0.2) is 54.6 Å². The van der Waals surface area contributed by atoms with Crippen LogP contribution in [0.5, 0.6) is 11.5 Å². The van der Waals surface area contributed by atoms with Crippen LogP contribution in [0.25, 0.3) is 0 Å². The summed E-state index contributed by atoms with van der Waals surface area (Å²) in [5.74, 6) is 2.21. The van der Waals surface area contributed by atoms with Gasteiger partial charge in [-0.25, -0.2) is 9.97 Å². The van der Waals surface area contributed by atoms with E-state index in [1.165, 1.54) is 5.56 Å². The molecule has 2 aromatic carbocycles.